The van der Waals surface area contributed by atoms with Crippen molar-refractivity contribution in [2.45, 2.75) is 71.9 Å². The SMILES string of the molecule is CCCCCCCOc1c(Br)cccc1CNC(C)(C)C. The second-order valence-electron chi connectivity index (χ2n) is 6.59. The molecule has 0 heterocycles. The fourth-order valence-electron chi connectivity index (χ4n) is 2.09. The van der Waals surface area contributed by atoms with Gasteiger partial charge in [-0.05, 0) is 49.2 Å². The van der Waals surface area contributed by atoms with Crippen LogP contribution in [-0.2, 0) is 6.54 Å². The van der Waals surface area contributed by atoms with Gasteiger partial charge in [0.1, 0.15) is 5.75 Å². The molecule has 1 aromatic carbocycles. The highest BCUT2D eigenvalue weighted by atomic mass is 79.9. The van der Waals surface area contributed by atoms with Crippen molar-refractivity contribution in [3.63, 3.8) is 0 Å². The molecule has 0 fully saturated rings. The Hall–Kier alpha value is -0.540. The van der Waals surface area contributed by atoms with Crippen LogP contribution in [0.25, 0.3) is 0 Å². The first-order valence-corrected chi connectivity index (χ1v) is 8.88. The summed E-state index contributed by atoms with van der Waals surface area (Å²) in [6.07, 6.45) is 6.32. The smallest absolute Gasteiger partial charge is 0.137 e. The third kappa shape index (κ3) is 7.87. The van der Waals surface area contributed by atoms with Crippen LogP contribution in [0, 0.1) is 0 Å². The summed E-state index contributed by atoms with van der Waals surface area (Å²) in [5.74, 6) is 0.991. The van der Waals surface area contributed by atoms with Gasteiger partial charge in [0, 0.05) is 17.6 Å². The maximum absolute atomic E-state index is 6.03. The van der Waals surface area contributed by atoms with Crippen molar-refractivity contribution in [3.8, 4) is 5.75 Å². The minimum absolute atomic E-state index is 0.111. The Kier molecular flexibility index (Phi) is 8.35. The Balaban J connectivity index is 2.51. The van der Waals surface area contributed by atoms with E-state index in [-0.39, 0.29) is 5.54 Å². The van der Waals surface area contributed by atoms with Gasteiger partial charge in [-0.3, -0.25) is 0 Å². The van der Waals surface area contributed by atoms with Crippen LogP contribution in [0.4, 0.5) is 0 Å². The van der Waals surface area contributed by atoms with Crippen molar-refractivity contribution >= 4 is 15.9 Å². The average Bonchev–Trinajstić information content (AvgIpc) is 2.41. The van der Waals surface area contributed by atoms with Crippen molar-refractivity contribution in [1.29, 1.82) is 0 Å². The third-order valence-electron chi connectivity index (χ3n) is 3.35. The van der Waals surface area contributed by atoms with Gasteiger partial charge in [-0.2, -0.15) is 0 Å². The van der Waals surface area contributed by atoms with E-state index in [0.29, 0.717) is 0 Å². The molecule has 3 heteroatoms. The van der Waals surface area contributed by atoms with E-state index < -0.39 is 0 Å². The number of hydrogen-bond acceptors (Lipinski definition) is 2. The van der Waals surface area contributed by atoms with Gasteiger partial charge < -0.3 is 10.1 Å². The Bertz CT molecular complexity index is 412. The zero-order chi connectivity index (χ0) is 15.7. The maximum Gasteiger partial charge on any atom is 0.137 e. The van der Waals surface area contributed by atoms with Gasteiger partial charge in [0.15, 0.2) is 0 Å². The first-order valence-electron chi connectivity index (χ1n) is 8.09. The Morgan fingerprint density at radius 2 is 1.81 bits per heavy atom. The molecule has 0 unspecified atom stereocenters. The molecule has 0 aromatic heterocycles. The van der Waals surface area contributed by atoms with Crippen molar-refractivity contribution in [1.82, 2.24) is 5.32 Å². The molecule has 1 N–H and O–H groups in total. The lowest BCUT2D eigenvalue weighted by molar-refractivity contribution is 0.297. The fourth-order valence-corrected chi connectivity index (χ4v) is 2.62. The molecule has 0 saturated heterocycles. The van der Waals surface area contributed by atoms with Crippen LogP contribution in [0.3, 0.4) is 0 Å². The minimum Gasteiger partial charge on any atom is -0.492 e. The number of benzene rings is 1. The highest BCUT2D eigenvalue weighted by Gasteiger charge is 2.12. The van der Waals surface area contributed by atoms with Crippen LogP contribution in [0.2, 0.25) is 0 Å². The topological polar surface area (TPSA) is 21.3 Å². The summed E-state index contributed by atoms with van der Waals surface area (Å²) in [6, 6.07) is 6.25. The molecule has 0 aliphatic carbocycles. The molecule has 120 valence electrons. The van der Waals surface area contributed by atoms with Gasteiger partial charge in [0.05, 0.1) is 11.1 Å². The van der Waals surface area contributed by atoms with Gasteiger partial charge in [0.25, 0.3) is 0 Å². The second-order valence-corrected chi connectivity index (χ2v) is 7.45. The summed E-state index contributed by atoms with van der Waals surface area (Å²) < 4.78 is 7.07. The van der Waals surface area contributed by atoms with Gasteiger partial charge in [0.2, 0.25) is 0 Å². The van der Waals surface area contributed by atoms with Gasteiger partial charge in [-0.1, -0.05) is 44.7 Å². The Morgan fingerprint density at radius 3 is 2.48 bits per heavy atom. The van der Waals surface area contributed by atoms with E-state index in [1.54, 1.807) is 0 Å². The lowest BCUT2D eigenvalue weighted by Crippen LogP contribution is -2.35. The number of hydrogen-bond donors (Lipinski definition) is 1. The number of rotatable bonds is 9. The molecule has 0 saturated carbocycles. The van der Waals surface area contributed by atoms with Crippen LogP contribution < -0.4 is 10.1 Å². The van der Waals surface area contributed by atoms with Crippen LogP contribution >= 0.6 is 15.9 Å². The largest absolute Gasteiger partial charge is 0.492 e. The molecule has 0 spiro atoms. The Morgan fingerprint density at radius 1 is 1.10 bits per heavy atom. The highest BCUT2D eigenvalue weighted by molar-refractivity contribution is 9.10. The molecule has 21 heavy (non-hydrogen) atoms. The third-order valence-corrected chi connectivity index (χ3v) is 3.98. The number of ether oxygens (including phenoxy) is 1. The molecule has 1 rings (SSSR count). The van der Waals surface area contributed by atoms with E-state index in [1.165, 1.54) is 31.2 Å². The molecule has 2 nitrogen and oxygen atoms in total. The number of nitrogens with one attached hydrogen (secondary N) is 1. The molecule has 0 radical (unpaired) electrons. The van der Waals surface area contributed by atoms with E-state index in [0.717, 1.165) is 29.8 Å². The standard InChI is InChI=1S/C18H30BrNO/c1-5-6-7-8-9-13-21-17-15(11-10-12-16(17)19)14-20-18(2,3)4/h10-12,20H,5-9,13-14H2,1-4H3. The molecule has 0 atom stereocenters. The Labute approximate surface area is 138 Å². The first kappa shape index (κ1) is 18.5. The van der Waals surface area contributed by atoms with E-state index in [1.807, 2.05) is 6.07 Å². The number of para-hydroxylation sites is 1. The molecule has 0 bridgehead atoms. The molecule has 1 aromatic rings. The van der Waals surface area contributed by atoms with Gasteiger partial charge >= 0.3 is 0 Å². The maximum atomic E-state index is 6.03. The highest BCUT2D eigenvalue weighted by Crippen LogP contribution is 2.29. The fraction of sp³-hybridized carbons (Fsp3) is 0.667. The predicted octanol–water partition coefficient (Wildman–Crippen LogP) is 5.69. The summed E-state index contributed by atoms with van der Waals surface area (Å²) in [5.41, 5.74) is 1.33. The van der Waals surface area contributed by atoms with Crippen molar-refractivity contribution in [2.75, 3.05) is 6.61 Å². The minimum atomic E-state index is 0.111. The molecular weight excluding hydrogens is 326 g/mol. The van der Waals surface area contributed by atoms with Gasteiger partial charge in [-0.15, -0.1) is 0 Å². The summed E-state index contributed by atoms with van der Waals surface area (Å²) in [6.45, 7) is 10.4. The second kappa shape index (κ2) is 9.47. The van der Waals surface area contributed by atoms with Crippen molar-refractivity contribution in [2.24, 2.45) is 0 Å². The molecule has 0 aliphatic heterocycles. The average molecular weight is 356 g/mol. The van der Waals surface area contributed by atoms with Crippen LogP contribution in [0.5, 0.6) is 5.75 Å². The molecule has 0 amide bonds. The zero-order valence-corrected chi connectivity index (χ0v) is 15.6. The van der Waals surface area contributed by atoms with Crippen LogP contribution in [0.15, 0.2) is 22.7 Å². The number of halogens is 1. The van der Waals surface area contributed by atoms with Crippen LogP contribution in [-0.4, -0.2) is 12.1 Å². The van der Waals surface area contributed by atoms with E-state index in [2.05, 4.69) is 61.1 Å². The lowest BCUT2D eigenvalue weighted by Gasteiger charge is -2.22. The van der Waals surface area contributed by atoms with Crippen LogP contribution in [0.1, 0.15) is 65.4 Å². The predicted molar refractivity (Wildman–Crippen MR) is 95.0 cm³/mol. The summed E-state index contributed by atoms with van der Waals surface area (Å²) in [5, 5.41) is 3.52. The first-order chi connectivity index (χ1) is 9.94. The normalized spacial score (nSPS) is 11.7. The van der Waals surface area contributed by atoms with E-state index >= 15 is 0 Å². The zero-order valence-electron chi connectivity index (χ0n) is 14.0. The molecule has 0 aliphatic rings. The summed E-state index contributed by atoms with van der Waals surface area (Å²) in [7, 11) is 0. The van der Waals surface area contributed by atoms with Gasteiger partial charge in [-0.25, -0.2) is 0 Å². The summed E-state index contributed by atoms with van der Waals surface area (Å²) in [4.78, 5) is 0. The summed E-state index contributed by atoms with van der Waals surface area (Å²) >= 11 is 3.61. The lowest BCUT2D eigenvalue weighted by atomic mass is 10.1. The number of unbranched alkanes of at least 4 members (excludes halogenated alkanes) is 4. The van der Waals surface area contributed by atoms with E-state index in [9.17, 15) is 0 Å². The molecular formula is C18H30BrNO. The quantitative estimate of drug-likeness (QED) is 0.574. The van der Waals surface area contributed by atoms with Crippen molar-refractivity contribution < 1.29 is 4.74 Å². The monoisotopic (exact) mass is 355 g/mol. The van der Waals surface area contributed by atoms with E-state index in [4.69, 9.17) is 4.74 Å². The van der Waals surface area contributed by atoms with Crippen molar-refractivity contribution in [3.05, 3.63) is 28.2 Å².